The quantitative estimate of drug-likeness (QED) is 0.00660. The first-order valence-corrected chi connectivity index (χ1v) is 35.8. The molecule has 524 valence electrons. The number of hydrogen-bond donors (Lipinski definition) is 8. The average Bonchev–Trinajstić information content (AvgIpc) is 1.76. The predicted molar refractivity (Wildman–Crippen MR) is 379 cm³/mol. The number of nitrogens with zero attached hydrogens (tertiary/aromatic N) is 14. The first-order valence-electron chi connectivity index (χ1n) is 31.3. The van der Waals surface area contributed by atoms with Crippen LogP contribution in [0.25, 0.3) is 12.2 Å². The Morgan fingerprint density at radius 2 is 0.919 bits per heavy atom. The summed E-state index contributed by atoms with van der Waals surface area (Å²) in [6.45, 7) is 15.3. The highest BCUT2D eigenvalue weighted by Gasteiger charge is 2.28. The van der Waals surface area contributed by atoms with Gasteiger partial charge in [-0.15, -0.1) is 20.5 Å². The third kappa shape index (κ3) is 19.0. The normalized spacial score (nSPS) is 14.0. The monoisotopic (exact) mass is 1430 g/mol. The molecule has 36 heteroatoms. The number of carbonyl (C=O) groups excluding carboxylic acids is 4. The Bertz CT molecular complexity index is 4180. The molecule has 7 aromatic rings. The van der Waals surface area contributed by atoms with Gasteiger partial charge in [-0.1, -0.05) is 46.9 Å². The van der Waals surface area contributed by atoms with Gasteiger partial charge in [0.05, 0.1) is 83.3 Å². The number of aromatic nitrogens is 5. The number of ether oxygens (including phenoxy) is 2. The standard InChI is InChI=1S/C63H74N18O14S4/c1-7-77(8-2)41-19-21-45(73-75-62-68-55(79-25-31-94-32-26-79)51(96-62)37-43(39(5)84)57(86)64-47-15-11-13-17-53(47)98(88,89)90)49(35-41)66-59-70-60(72-61(71-59)81(23-29-82)24-30-83)67-50-36-42(78(9-3)10-4)20-22-46(50)74-76-63-69-56(80-27-33-95-34-28-80)52(97-63)38-44(40(6)85)58(87)65-48-16-12-14-18-54(48)99(91,92)93/h11-22,35-38,82-83H,7-10,23-34H2,1-6H3,(H,64,86)(H,65,87)(H,88,89,90)(H,91,92,93)(H2,66,67,70,71,72)/b43-37+,44-38?,75-73?,76-74?. The van der Waals surface area contributed by atoms with E-state index < -0.39 is 53.4 Å². The van der Waals surface area contributed by atoms with E-state index >= 15 is 0 Å². The number of nitrogens with one attached hydrogen (secondary N) is 4. The van der Waals surface area contributed by atoms with Crippen LogP contribution in [0.3, 0.4) is 0 Å². The smallest absolute Gasteiger partial charge is 0.296 e. The molecule has 2 aliphatic heterocycles. The number of morpholine rings is 2. The van der Waals surface area contributed by atoms with Gasteiger partial charge in [0.15, 0.2) is 11.6 Å². The Hall–Kier alpha value is -9.63. The zero-order chi connectivity index (χ0) is 71.0. The number of ketones is 2. The van der Waals surface area contributed by atoms with E-state index in [2.05, 4.69) is 41.3 Å². The lowest BCUT2D eigenvalue weighted by Gasteiger charge is -2.27. The van der Waals surface area contributed by atoms with Crippen molar-refractivity contribution < 1.29 is 64.8 Å². The van der Waals surface area contributed by atoms with E-state index in [1.165, 1.54) is 62.4 Å². The van der Waals surface area contributed by atoms with Gasteiger partial charge in [0.1, 0.15) is 32.8 Å². The van der Waals surface area contributed by atoms with Gasteiger partial charge in [0, 0.05) is 76.8 Å². The molecule has 0 radical (unpaired) electrons. The summed E-state index contributed by atoms with van der Waals surface area (Å²) < 4.78 is 79.8. The van der Waals surface area contributed by atoms with Gasteiger partial charge in [-0.05, 0) is 114 Å². The van der Waals surface area contributed by atoms with Crippen molar-refractivity contribution in [3.8, 4) is 0 Å². The van der Waals surface area contributed by atoms with E-state index in [1.807, 2.05) is 61.8 Å². The average molecular weight is 1440 g/mol. The molecule has 0 spiro atoms. The molecule has 2 saturated heterocycles. The number of para-hydroxylation sites is 2. The first-order chi connectivity index (χ1) is 47.5. The summed E-state index contributed by atoms with van der Waals surface area (Å²) in [6, 6.07) is 21.3. The van der Waals surface area contributed by atoms with E-state index in [1.54, 1.807) is 17.0 Å². The van der Waals surface area contributed by atoms with Crippen LogP contribution in [-0.2, 0) is 48.9 Å². The minimum Gasteiger partial charge on any atom is -0.395 e. The van der Waals surface area contributed by atoms with Crippen LogP contribution in [0.1, 0.15) is 51.3 Å². The summed E-state index contributed by atoms with van der Waals surface area (Å²) in [5, 5.41) is 50.9. The molecular weight excluding hydrogens is 1360 g/mol. The molecular formula is C63H74N18O14S4. The number of hydrogen-bond acceptors (Lipinski definition) is 30. The molecule has 3 aromatic heterocycles. The van der Waals surface area contributed by atoms with Gasteiger partial charge in [0.2, 0.25) is 28.1 Å². The molecule has 0 aliphatic carbocycles. The summed E-state index contributed by atoms with van der Waals surface area (Å²) in [4.78, 5) is 87.4. The molecule has 0 unspecified atom stereocenters. The highest BCUT2D eigenvalue weighted by atomic mass is 32.2. The molecule has 32 nitrogen and oxygen atoms in total. The summed E-state index contributed by atoms with van der Waals surface area (Å²) in [6.07, 6.45) is 2.68. The molecule has 8 N–H and O–H groups in total. The summed E-state index contributed by atoms with van der Waals surface area (Å²) >= 11 is 2.05. The molecule has 4 aromatic carbocycles. The maximum atomic E-state index is 13.8. The van der Waals surface area contributed by atoms with Crippen LogP contribution in [0.5, 0.6) is 0 Å². The lowest BCUT2D eigenvalue weighted by atomic mass is 10.1. The first kappa shape index (κ1) is 73.6. The Morgan fingerprint density at radius 1 is 0.535 bits per heavy atom. The Balaban J connectivity index is 1.10. The van der Waals surface area contributed by atoms with Gasteiger partial charge in [-0.2, -0.15) is 41.8 Å². The van der Waals surface area contributed by atoms with Crippen LogP contribution in [0.15, 0.2) is 126 Å². The van der Waals surface area contributed by atoms with E-state index in [9.17, 15) is 55.3 Å². The van der Waals surface area contributed by atoms with E-state index in [-0.39, 0.29) is 88.3 Å². The largest absolute Gasteiger partial charge is 0.395 e. The van der Waals surface area contributed by atoms with Crippen molar-refractivity contribution in [2.45, 2.75) is 51.3 Å². The second-order valence-corrected chi connectivity index (χ2v) is 26.6. The minimum absolute atomic E-state index is 0.00724. The number of thiazole rings is 2. The van der Waals surface area contributed by atoms with Crippen molar-refractivity contribution in [1.29, 1.82) is 0 Å². The molecule has 9 rings (SSSR count). The maximum absolute atomic E-state index is 13.8. The molecule has 2 amide bonds. The van der Waals surface area contributed by atoms with Crippen molar-refractivity contribution >= 4 is 164 Å². The van der Waals surface area contributed by atoms with Gasteiger partial charge < -0.3 is 65.5 Å². The van der Waals surface area contributed by atoms with Crippen LogP contribution in [0, 0.1) is 0 Å². The van der Waals surface area contributed by atoms with Gasteiger partial charge in [-0.3, -0.25) is 28.3 Å². The van der Waals surface area contributed by atoms with Crippen LogP contribution in [0.2, 0.25) is 0 Å². The Morgan fingerprint density at radius 3 is 1.27 bits per heavy atom. The molecule has 0 atom stereocenters. The van der Waals surface area contributed by atoms with Gasteiger partial charge in [0.25, 0.3) is 32.1 Å². The summed E-state index contributed by atoms with van der Waals surface area (Å²) in [5.41, 5.74) is 1.66. The number of azo groups is 2. The molecule has 2 aliphatic rings. The van der Waals surface area contributed by atoms with Gasteiger partial charge >= 0.3 is 0 Å². The van der Waals surface area contributed by atoms with Crippen molar-refractivity contribution in [2.24, 2.45) is 20.5 Å². The van der Waals surface area contributed by atoms with E-state index in [4.69, 9.17) is 44.6 Å². The van der Waals surface area contributed by atoms with Gasteiger partial charge in [-0.25, -0.2) is 0 Å². The Kier molecular flexibility index (Phi) is 25.1. The number of aliphatic hydroxyl groups excluding tert-OH is 2. The molecule has 2 fully saturated rings. The number of aliphatic hydroxyl groups is 2. The SMILES string of the molecule is CCN(CC)c1ccc(N=Nc2nc(N3CCOCC3)c(C=C(C(C)=O)C(=O)Nc3ccccc3S(=O)(=O)O)s2)c(Nc2nc(Nc3cc(N(CC)CC)ccc3N=Nc3nc(N4CCOCC4)c(/C=C(\C(C)=O)C(=O)Nc4ccccc4S(=O)(=O)O)s3)nc(N(CCO)CCO)n2)c1. The zero-order valence-electron chi connectivity index (χ0n) is 54.8. The lowest BCUT2D eigenvalue weighted by Crippen LogP contribution is -2.36. The lowest BCUT2D eigenvalue weighted by molar-refractivity contribution is -0.120. The summed E-state index contributed by atoms with van der Waals surface area (Å²) in [5.74, 6) is -2.46. The minimum atomic E-state index is -4.76. The molecule has 99 heavy (non-hydrogen) atoms. The zero-order valence-corrected chi connectivity index (χ0v) is 58.1. The fourth-order valence-electron chi connectivity index (χ4n) is 10.4. The van der Waals surface area contributed by atoms with Crippen LogP contribution < -0.4 is 45.8 Å². The Labute approximate surface area is 578 Å². The van der Waals surface area contributed by atoms with Crippen molar-refractivity contribution in [1.82, 2.24) is 24.9 Å². The number of amides is 2. The van der Waals surface area contributed by atoms with Crippen LogP contribution >= 0.6 is 22.7 Å². The van der Waals surface area contributed by atoms with Crippen LogP contribution in [-0.4, -0.2) is 190 Å². The highest BCUT2D eigenvalue weighted by molar-refractivity contribution is 7.86. The fraction of sp³-hybridized carbons (Fsp3) is 0.349. The van der Waals surface area contributed by atoms with Crippen LogP contribution in [0.4, 0.5) is 85.2 Å². The van der Waals surface area contributed by atoms with Crippen molar-refractivity contribution in [3.63, 3.8) is 0 Å². The molecule has 5 heterocycles. The molecule has 0 saturated carbocycles. The summed E-state index contributed by atoms with van der Waals surface area (Å²) in [7, 11) is -9.53. The predicted octanol–water partition coefficient (Wildman–Crippen LogP) is 8.97. The molecule has 0 bridgehead atoms. The third-order valence-corrected chi connectivity index (χ3v) is 18.9. The van der Waals surface area contributed by atoms with Crippen molar-refractivity contribution in [2.75, 3.05) is 151 Å². The second-order valence-electron chi connectivity index (χ2n) is 21.8. The highest BCUT2D eigenvalue weighted by Crippen LogP contribution is 2.41. The number of benzene rings is 4. The number of rotatable bonds is 31. The van der Waals surface area contributed by atoms with Crippen molar-refractivity contribution in [3.05, 3.63) is 106 Å². The topological polar surface area (TPSA) is 414 Å². The van der Waals surface area contributed by atoms with E-state index in [0.717, 1.165) is 46.2 Å². The third-order valence-electron chi connectivity index (χ3n) is 15.3. The maximum Gasteiger partial charge on any atom is 0.296 e. The number of carbonyl (C=O) groups is 4. The number of anilines is 11. The van der Waals surface area contributed by atoms with E-state index in [0.29, 0.717) is 112 Å². The second kappa shape index (κ2) is 33.8. The fourth-order valence-corrected chi connectivity index (χ4v) is 13.4. The number of Topliss-reactive ketones (excluding diaryl/α,β-unsaturated/α-hetero) is 2.